The molecule has 1 aromatic rings. The topological polar surface area (TPSA) is 32.3 Å². The first-order valence-electron chi connectivity index (χ1n) is 5.88. The van der Waals surface area contributed by atoms with Crippen molar-refractivity contribution in [1.29, 1.82) is 0 Å². The average Bonchev–Trinajstić information content (AvgIpc) is 2.22. The summed E-state index contributed by atoms with van der Waals surface area (Å²) in [6.07, 6.45) is 5.14. The fraction of sp³-hybridized carbons (Fsp3) is 0.538. The molecule has 2 rings (SSSR count). The quantitative estimate of drug-likeness (QED) is 0.885. The Balaban J connectivity index is 1.96. The average molecular weight is 284 g/mol. The normalized spacial score (nSPS) is 18.1. The van der Waals surface area contributed by atoms with Gasteiger partial charge in [-0.1, -0.05) is 13.0 Å². The molecular weight excluding hydrogens is 266 g/mol. The van der Waals surface area contributed by atoms with Crippen molar-refractivity contribution < 1.29 is 5.11 Å². The summed E-state index contributed by atoms with van der Waals surface area (Å²) in [4.78, 5) is 0. The maximum absolute atomic E-state index is 9.41. The lowest BCUT2D eigenvalue weighted by atomic mass is 9.75. The molecule has 0 bridgehead atoms. The molecule has 3 heteroatoms. The summed E-state index contributed by atoms with van der Waals surface area (Å²) in [6.45, 7) is 3.13. The van der Waals surface area contributed by atoms with Crippen molar-refractivity contribution >= 4 is 15.9 Å². The van der Waals surface area contributed by atoms with Gasteiger partial charge in [-0.3, -0.25) is 0 Å². The number of nitrogens with one attached hydrogen (secondary N) is 1. The Hall–Kier alpha value is -0.540. The van der Waals surface area contributed by atoms with Gasteiger partial charge >= 0.3 is 0 Å². The molecule has 1 aliphatic rings. The van der Waals surface area contributed by atoms with E-state index in [0.717, 1.165) is 11.0 Å². The predicted octanol–water partition coefficient (Wildman–Crippen LogP) is 3.58. The van der Waals surface area contributed by atoms with Crippen LogP contribution in [-0.2, 0) is 6.54 Å². The number of hydrogen-bond acceptors (Lipinski definition) is 2. The van der Waals surface area contributed by atoms with Gasteiger partial charge in [0, 0.05) is 12.1 Å². The van der Waals surface area contributed by atoms with E-state index in [9.17, 15) is 5.11 Å². The number of rotatable bonds is 4. The first-order chi connectivity index (χ1) is 7.65. The van der Waals surface area contributed by atoms with E-state index in [2.05, 4.69) is 28.2 Å². The Bertz CT molecular complexity index is 369. The zero-order valence-corrected chi connectivity index (χ0v) is 11.2. The third kappa shape index (κ3) is 2.41. The number of benzene rings is 1. The number of phenols is 1. The SMILES string of the molecule is CCC1(NCc2ccc(O)c(Br)c2)CCC1. The monoisotopic (exact) mass is 283 g/mol. The third-order valence-corrected chi connectivity index (χ3v) is 4.30. The highest BCUT2D eigenvalue weighted by Gasteiger charge is 2.34. The molecule has 1 aliphatic carbocycles. The second-order valence-corrected chi connectivity index (χ2v) is 5.48. The van der Waals surface area contributed by atoms with Crippen molar-refractivity contribution in [1.82, 2.24) is 5.32 Å². The van der Waals surface area contributed by atoms with Gasteiger partial charge in [0.25, 0.3) is 0 Å². The summed E-state index contributed by atoms with van der Waals surface area (Å²) in [5, 5.41) is 13.1. The van der Waals surface area contributed by atoms with E-state index >= 15 is 0 Å². The number of halogens is 1. The third-order valence-electron chi connectivity index (χ3n) is 3.67. The lowest BCUT2D eigenvalue weighted by Gasteiger charge is -2.42. The number of aromatic hydroxyl groups is 1. The predicted molar refractivity (Wildman–Crippen MR) is 69.5 cm³/mol. The lowest BCUT2D eigenvalue weighted by Crippen LogP contribution is -2.49. The summed E-state index contributed by atoms with van der Waals surface area (Å²) in [6, 6.07) is 5.68. The maximum Gasteiger partial charge on any atom is 0.129 e. The minimum absolute atomic E-state index is 0.303. The van der Waals surface area contributed by atoms with Crippen LogP contribution in [0, 0.1) is 0 Å². The van der Waals surface area contributed by atoms with Crippen LogP contribution in [0.25, 0.3) is 0 Å². The lowest BCUT2D eigenvalue weighted by molar-refractivity contribution is 0.175. The van der Waals surface area contributed by atoms with Gasteiger partial charge < -0.3 is 10.4 Å². The molecule has 0 heterocycles. The van der Waals surface area contributed by atoms with Crippen molar-refractivity contribution in [3.05, 3.63) is 28.2 Å². The van der Waals surface area contributed by atoms with Gasteiger partial charge in [-0.05, 0) is 59.3 Å². The molecule has 1 fully saturated rings. The van der Waals surface area contributed by atoms with Crippen LogP contribution in [0.15, 0.2) is 22.7 Å². The van der Waals surface area contributed by atoms with E-state index in [4.69, 9.17) is 0 Å². The Kier molecular flexibility index (Phi) is 3.55. The van der Waals surface area contributed by atoms with Crippen LogP contribution in [0.3, 0.4) is 0 Å². The largest absolute Gasteiger partial charge is 0.507 e. The van der Waals surface area contributed by atoms with Crippen molar-refractivity contribution in [2.24, 2.45) is 0 Å². The first-order valence-corrected chi connectivity index (χ1v) is 6.67. The fourth-order valence-electron chi connectivity index (χ4n) is 2.21. The Morgan fingerprint density at radius 2 is 2.19 bits per heavy atom. The first kappa shape index (κ1) is 11.9. The molecule has 1 saturated carbocycles. The smallest absolute Gasteiger partial charge is 0.129 e. The highest BCUT2D eigenvalue weighted by atomic mass is 79.9. The van der Waals surface area contributed by atoms with Crippen molar-refractivity contribution in [3.63, 3.8) is 0 Å². The van der Waals surface area contributed by atoms with Crippen LogP contribution in [0.2, 0.25) is 0 Å². The standard InChI is InChI=1S/C13H18BrNO/c1-2-13(6-3-7-13)15-9-10-4-5-12(16)11(14)8-10/h4-5,8,15-16H,2-3,6-7,9H2,1H3. The van der Waals surface area contributed by atoms with Crippen molar-refractivity contribution in [2.75, 3.05) is 0 Å². The molecule has 1 aromatic carbocycles. The van der Waals surface area contributed by atoms with Crippen LogP contribution in [-0.4, -0.2) is 10.6 Å². The number of phenolic OH excluding ortho intramolecular Hbond substituents is 1. The van der Waals surface area contributed by atoms with E-state index in [1.165, 1.54) is 31.2 Å². The molecule has 0 aliphatic heterocycles. The molecule has 0 unspecified atom stereocenters. The molecule has 0 radical (unpaired) electrons. The Labute approximate surface area is 105 Å². The molecular formula is C13H18BrNO. The Morgan fingerprint density at radius 1 is 1.44 bits per heavy atom. The Morgan fingerprint density at radius 3 is 2.69 bits per heavy atom. The van der Waals surface area contributed by atoms with E-state index in [1.807, 2.05) is 12.1 Å². The van der Waals surface area contributed by atoms with Gasteiger partial charge in [-0.15, -0.1) is 0 Å². The molecule has 88 valence electrons. The molecule has 0 atom stereocenters. The minimum atomic E-state index is 0.303. The van der Waals surface area contributed by atoms with E-state index in [-0.39, 0.29) is 0 Å². The van der Waals surface area contributed by atoms with Gasteiger partial charge in [-0.25, -0.2) is 0 Å². The molecule has 0 saturated heterocycles. The van der Waals surface area contributed by atoms with Gasteiger partial charge in [0.2, 0.25) is 0 Å². The minimum Gasteiger partial charge on any atom is -0.507 e. The second-order valence-electron chi connectivity index (χ2n) is 4.63. The second kappa shape index (κ2) is 4.76. The van der Waals surface area contributed by atoms with Gasteiger partial charge in [0.05, 0.1) is 4.47 Å². The number of hydrogen-bond donors (Lipinski definition) is 2. The summed E-state index contributed by atoms with van der Waals surface area (Å²) in [7, 11) is 0. The zero-order chi connectivity index (χ0) is 11.6. The fourth-order valence-corrected chi connectivity index (χ4v) is 2.64. The summed E-state index contributed by atoms with van der Waals surface area (Å²) in [5.74, 6) is 0.303. The molecule has 2 N–H and O–H groups in total. The van der Waals surface area contributed by atoms with Crippen LogP contribution < -0.4 is 5.32 Å². The van der Waals surface area contributed by atoms with Crippen LogP contribution in [0.4, 0.5) is 0 Å². The molecule has 0 aromatic heterocycles. The van der Waals surface area contributed by atoms with Crippen molar-refractivity contribution in [3.8, 4) is 5.75 Å². The van der Waals surface area contributed by atoms with Crippen molar-refractivity contribution in [2.45, 2.75) is 44.7 Å². The molecule has 16 heavy (non-hydrogen) atoms. The molecule has 2 nitrogen and oxygen atoms in total. The molecule has 0 spiro atoms. The van der Waals surface area contributed by atoms with E-state index < -0.39 is 0 Å². The highest BCUT2D eigenvalue weighted by Crippen LogP contribution is 2.35. The van der Waals surface area contributed by atoms with Gasteiger partial charge in [0.15, 0.2) is 0 Å². The molecule has 0 amide bonds. The van der Waals surface area contributed by atoms with Gasteiger partial charge in [-0.2, -0.15) is 0 Å². The maximum atomic E-state index is 9.41. The summed E-state index contributed by atoms with van der Waals surface area (Å²) < 4.78 is 0.769. The zero-order valence-electron chi connectivity index (χ0n) is 9.59. The van der Waals surface area contributed by atoms with E-state index in [1.54, 1.807) is 6.07 Å². The van der Waals surface area contributed by atoms with Gasteiger partial charge in [0.1, 0.15) is 5.75 Å². The van der Waals surface area contributed by atoms with Crippen LogP contribution in [0.5, 0.6) is 5.75 Å². The summed E-state index contributed by atoms with van der Waals surface area (Å²) in [5.41, 5.74) is 1.59. The van der Waals surface area contributed by atoms with E-state index in [0.29, 0.717) is 11.3 Å². The summed E-state index contributed by atoms with van der Waals surface area (Å²) >= 11 is 3.34. The van der Waals surface area contributed by atoms with Crippen LogP contribution in [0.1, 0.15) is 38.2 Å². The van der Waals surface area contributed by atoms with Crippen LogP contribution >= 0.6 is 15.9 Å². The highest BCUT2D eigenvalue weighted by molar-refractivity contribution is 9.10.